The van der Waals surface area contributed by atoms with Crippen molar-refractivity contribution in [2.75, 3.05) is 11.4 Å². The molecule has 1 aromatic heterocycles. The number of benzene rings is 1. The zero-order valence-corrected chi connectivity index (χ0v) is 11.6. The summed E-state index contributed by atoms with van der Waals surface area (Å²) < 4.78 is 25.8. The number of carboxylic acid groups (broad SMARTS) is 1. The predicted octanol–water partition coefficient (Wildman–Crippen LogP) is 0.805. The van der Waals surface area contributed by atoms with Gasteiger partial charge in [0.25, 0.3) is 10.0 Å². The largest absolute Gasteiger partial charge is 0.478 e. The van der Waals surface area contributed by atoms with Crippen molar-refractivity contribution in [1.29, 1.82) is 5.26 Å². The highest BCUT2D eigenvalue weighted by atomic mass is 32.2. The highest BCUT2D eigenvalue weighted by molar-refractivity contribution is 7.92. The number of hydrogen-bond donors (Lipinski definition) is 2. The number of aromatic nitrogens is 2. The summed E-state index contributed by atoms with van der Waals surface area (Å²) >= 11 is 0. The highest BCUT2D eigenvalue weighted by Gasteiger charge is 2.30. The first kappa shape index (κ1) is 14.5. The maximum Gasteiger partial charge on any atom is 0.340 e. The summed E-state index contributed by atoms with van der Waals surface area (Å²) in [7, 11) is -2.94. The molecule has 0 atom stereocenters. The molecule has 1 heterocycles. The highest BCUT2D eigenvalue weighted by Crippen LogP contribution is 2.25. The quantitative estimate of drug-likeness (QED) is 0.860. The lowest BCUT2D eigenvalue weighted by Gasteiger charge is -2.19. The minimum Gasteiger partial charge on any atom is -0.478 e. The molecule has 0 aliphatic carbocycles. The smallest absolute Gasteiger partial charge is 0.340 e. The van der Waals surface area contributed by atoms with Crippen molar-refractivity contribution < 1.29 is 18.3 Å². The Kier molecular flexibility index (Phi) is 3.64. The van der Waals surface area contributed by atoms with Crippen LogP contribution in [0.5, 0.6) is 0 Å². The molecule has 21 heavy (non-hydrogen) atoms. The van der Waals surface area contributed by atoms with E-state index in [4.69, 9.17) is 10.4 Å². The first-order chi connectivity index (χ1) is 9.89. The molecule has 0 aliphatic heterocycles. The Morgan fingerprint density at radius 3 is 2.71 bits per heavy atom. The van der Waals surface area contributed by atoms with Gasteiger partial charge in [0.15, 0.2) is 5.03 Å². The van der Waals surface area contributed by atoms with Crippen molar-refractivity contribution >= 4 is 21.7 Å². The monoisotopic (exact) mass is 306 g/mol. The van der Waals surface area contributed by atoms with Crippen molar-refractivity contribution in [3.05, 3.63) is 41.6 Å². The SMILES string of the molecule is CN(c1ccccc1C#N)S(=O)(=O)c1[nH]ncc1C(=O)O. The van der Waals surface area contributed by atoms with Crippen molar-refractivity contribution in [1.82, 2.24) is 10.2 Å². The Bertz CT molecular complexity index is 835. The third-order valence-corrected chi connectivity index (χ3v) is 4.56. The van der Waals surface area contributed by atoms with Gasteiger partial charge >= 0.3 is 5.97 Å². The van der Waals surface area contributed by atoms with Crippen molar-refractivity contribution in [3.8, 4) is 6.07 Å². The molecular formula is C12H10N4O4S. The number of aromatic carboxylic acids is 1. The summed E-state index contributed by atoms with van der Waals surface area (Å²) in [4.78, 5) is 11.0. The normalized spacial score (nSPS) is 10.9. The van der Waals surface area contributed by atoms with E-state index in [-0.39, 0.29) is 11.3 Å². The van der Waals surface area contributed by atoms with E-state index in [1.165, 1.54) is 19.2 Å². The Labute approximate surface area is 120 Å². The molecule has 2 rings (SSSR count). The molecule has 8 nitrogen and oxygen atoms in total. The van der Waals surface area contributed by atoms with Crippen LogP contribution in [-0.2, 0) is 10.0 Å². The predicted molar refractivity (Wildman–Crippen MR) is 72.3 cm³/mol. The second kappa shape index (κ2) is 5.26. The maximum absolute atomic E-state index is 12.5. The second-order valence-electron chi connectivity index (χ2n) is 4.02. The number of nitrogens with zero attached hydrogens (tertiary/aromatic N) is 3. The minimum absolute atomic E-state index is 0.144. The van der Waals surface area contributed by atoms with E-state index >= 15 is 0 Å². The van der Waals surface area contributed by atoms with Crippen LogP contribution in [0.4, 0.5) is 5.69 Å². The van der Waals surface area contributed by atoms with Gasteiger partial charge in [-0.2, -0.15) is 18.8 Å². The van der Waals surface area contributed by atoms with Crippen LogP contribution in [0.25, 0.3) is 0 Å². The van der Waals surface area contributed by atoms with E-state index in [2.05, 4.69) is 10.2 Å². The fraction of sp³-hybridized carbons (Fsp3) is 0.0833. The van der Waals surface area contributed by atoms with Crippen LogP contribution in [-0.4, -0.2) is 36.7 Å². The number of rotatable bonds is 4. The van der Waals surface area contributed by atoms with Crippen LogP contribution in [0.1, 0.15) is 15.9 Å². The van der Waals surface area contributed by atoms with Gasteiger partial charge in [0.2, 0.25) is 0 Å². The lowest BCUT2D eigenvalue weighted by Crippen LogP contribution is -2.28. The Morgan fingerprint density at radius 2 is 2.10 bits per heavy atom. The molecule has 1 aromatic carbocycles. The summed E-state index contributed by atoms with van der Waals surface area (Å²) in [5, 5.41) is 23.1. The fourth-order valence-electron chi connectivity index (χ4n) is 1.73. The van der Waals surface area contributed by atoms with E-state index in [1.54, 1.807) is 12.1 Å². The zero-order valence-electron chi connectivity index (χ0n) is 10.8. The van der Waals surface area contributed by atoms with Gasteiger partial charge in [0, 0.05) is 7.05 Å². The first-order valence-electron chi connectivity index (χ1n) is 5.64. The number of anilines is 1. The number of hydrogen-bond acceptors (Lipinski definition) is 5. The number of aromatic amines is 1. The maximum atomic E-state index is 12.5. The van der Waals surface area contributed by atoms with Crippen LogP contribution in [0, 0.1) is 11.3 Å². The standard InChI is InChI=1S/C12H10N4O4S/c1-16(10-5-3-2-4-8(10)6-13)21(19,20)11-9(12(17)18)7-14-15-11/h2-5,7H,1H3,(H,14,15)(H,17,18). The number of carbonyl (C=O) groups is 1. The Balaban J connectivity index is 2.57. The van der Waals surface area contributed by atoms with E-state index in [0.717, 1.165) is 10.5 Å². The van der Waals surface area contributed by atoms with E-state index in [9.17, 15) is 13.2 Å². The summed E-state index contributed by atoms with van der Waals surface area (Å²) in [6.45, 7) is 0. The zero-order chi connectivity index (χ0) is 15.6. The summed E-state index contributed by atoms with van der Waals surface area (Å²) in [6.07, 6.45) is 0.916. The van der Waals surface area contributed by atoms with Gasteiger partial charge in [0.1, 0.15) is 11.6 Å². The van der Waals surface area contributed by atoms with Crippen molar-refractivity contribution in [3.63, 3.8) is 0 Å². The summed E-state index contributed by atoms with van der Waals surface area (Å²) in [5.41, 5.74) is -0.165. The molecule has 9 heteroatoms. The molecule has 2 N–H and O–H groups in total. The molecular weight excluding hydrogens is 296 g/mol. The molecule has 0 bridgehead atoms. The van der Waals surface area contributed by atoms with Crippen LogP contribution in [0.2, 0.25) is 0 Å². The fourth-order valence-corrected chi connectivity index (χ4v) is 3.01. The van der Waals surface area contributed by atoms with Gasteiger partial charge in [-0.15, -0.1) is 0 Å². The van der Waals surface area contributed by atoms with Crippen LogP contribution in [0.15, 0.2) is 35.5 Å². The van der Waals surface area contributed by atoms with Crippen LogP contribution in [0.3, 0.4) is 0 Å². The van der Waals surface area contributed by atoms with Crippen molar-refractivity contribution in [2.45, 2.75) is 5.03 Å². The number of nitrogens with one attached hydrogen (secondary N) is 1. The van der Waals surface area contributed by atoms with E-state index in [1.807, 2.05) is 6.07 Å². The second-order valence-corrected chi connectivity index (χ2v) is 5.93. The first-order valence-corrected chi connectivity index (χ1v) is 7.08. The molecule has 0 fully saturated rings. The third-order valence-electron chi connectivity index (χ3n) is 2.82. The average molecular weight is 306 g/mol. The number of sulfonamides is 1. The molecule has 0 saturated carbocycles. The average Bonchev–Trinajstić information content (AvgIpc) is 2.96. The molecule has 2 aromatic rings. The number of para-hydroxylation sites is 1. The van der Waals surface area contributed by atoms with Crippen LogP contribution < -0.4 is 4.31 Å². The lowest BCUT2D eigenvalue weighted by atomic mass is 10.2. The van der Waals surface area contributed by atoms with Gasteiger partial charge in [-0.05, 0) is 12.1 Å². The molecule has 0 aliphatic rings. The molecule has 0 unspecified atom stereocenters. The van der Waals surface area contributed by atoms with E-state index < -0.39 is 26.6 Å². The summed E-state index contributed by atoms with van der Waals surface area (Å²) in [5.74, 6) is -1.41. The number of H-pyrrole nitrogens is 1. The topological polar surface area (TPSA) is 127 Å². The van der Waals surface area contributed by atoms with Gasteiger partial charge in [0.05, 0.1) is 17.4 Å². The molecule has 108 valence electrons. The van der Waals surface area contributed by atoms with Gasteiger partial charge in [-0.1, -0.05) is 12.1 Å². The van der Waals surface area contributed by atoms with Gasteiger partial charge in [-0.3, -0.25) is 9.40 Å². The van der Waals surface area contributed by atoms with Gasteiger partial charge < -0.3 is 5.11 Å². The third kappa shape index (κ3) is 2.44. The van der Waals surface area contributed by atoms with Crippen molar-refractivity contribution in [2.24, 2.45) is 0 Å². The molecule has 0 saturated heterocycles. The summed E-state index contributed by atoms with van der Waals surface area (Å²) in [6, 6.07) is 7.97. The molecule has 0 spiro atoms. The minimum atomic E-state index is -4.17. The number of carboxylic acids is 1. The van der Waals surface area contributed by atoms with Gasteiger partial charge in [-0.25, -0.2) is 4.79 Å². The Hall–Kier alpha value is -2.86. The van der Waals surface area contributed by atoms with E-state index in [0.29, 0.717) is 0 Å². The van der Waals surface area contributed by atoms with Crippen LogP contribution >= 0.6 is 0 Å². The number of nitriles is 1. The Morgan fingerprint density at radius 1 is 1.43 bits per heavy atom. The molecule has 0 amide bonds. The molecule has 0 radical (unpaired) electrons. The lowest BCUT2D eigenvalue weighted by molar-refractivity contribution is 0.0692.